The van der Waals surface area contributed by atoms with E-state index in [0.717, 1.165) is 30.6 Å². The molecule has 0 spiro atoms. The molecular formula is C23H33NO. The number of nitrogens with zero attached hydrogens (tertiary/aromatic N) is 1. The van der Waals surface area contributed by atoms with E-state index in [2.05, 4.69) is 61.2 Å². The van der Waals surface area contributed by atoms with E-state index >= 15 is 0 Å². The van der Waals surface area contributed by atoms with Crippen molar-refractivity contribution in [2.45, 2.75) is 46.0 Å². The molecule has 3 rings (SSSR count). The fourth-order valence-corrected chi connectivity index (χ4v) is 4.27. The van der Waals surface area contributed by atoms with E-state index in [1.54, 1.807) is 0 Å². The molecular weight excluding hydrogens is 306 g/mol. The standard InChI is InChI=1S/C23H33NO/c1-19-16-20(2)18-24(17-19)14-7-3-4-8-15-25-23-13-9-11-21-10-5-6-12-22(21)23/h5-6,9-13,19-20H,3-4,7-8,14-18H2,1-2H3. The predicted octanol–water partition coefficient (Wildman–Crippen LogP) is 5.76. The molecule has 2 heteroatoms. The van der Waals surface area contributed by atoms with Crippen molar-refractivity contribution < 1.29 is 4.74 Å². The van der Waals surface area contributed by atoms with Gasteiger partial charge in [-0.05, 0) is 49.1 Å². The van der Waals surface area contributed by atoms with Crippen molar-refractivity contribution in [3.8, 4) is 5.75 Å². The van der Waals surface area contributed by atoms with Gasteiger partial charge in [-0.25, -0.2) is 0 Å². The molecule has 2 aromatic rings. The molecule has 0 amide bonds. The van der Waals surface area contributed by atoms with E-state index in [0.29, 0.717) is 0 Å². The Kier molecular flexibility index (Phi) is 6.75. The van der Waals surface area contributed by atoms with Crippen LogP contribution >= 0.6 is 0 Å². The zero-order valence-electron chi connectivity index (χ0n) is 15.9. The van der Waals surface area contributed by atoms with Crippen LogP contribution in [-0.4, -0.2) is 31.1 Å². The fraction of sp³-hybridized carbons (Fsp3) is 0.565. The minimum absolute atomic E-state index is 0.825. The molecule has 0 saturated carbocycles. The maximum absolute atomic E-state index is 6.03. The normalized spacial score (nSPS) is 21.5. The largest absolute Gasteiger partial charge is 0.493 e. The highest BCUT2D eigenvalue weighted by atomic mass is 16.5. The second-order valence-electron chi connectivity index (χ2n) is 7.95. The van der Waals surface area contributed by atoms with Gasteiger partial charge in [-0.1, -0.05) is 63.1 Å². The van der Waals surface area contributed by atoms with Crippen LogP contribution in [0, 0.1) is 11.8 Å². The third kappa shape index (κ3) is 5.47. The van der Waals surface area contributed by atoms with Crippen molar-refractivity contribution in [1.82, 2.24) is 4.90 Å². The predicted molar refractivity (Wildman–Crippen MR) is 107 cm³/mol. The van der Waals surface area contributed by atoms with Crippen molar-refractivity contribution in [2.75, 3.05) is 26.2 Å². The molecule has 1 heterocycles. The molecule has 136 valence electrons. The molecule has 2 atom stereocenters. The van der Waals surface area contributed by atoms with Crippen LogP contribution in [0.2, 0.25) is 0 Å². The molecule has 0 aromatic heterocycles. The van der Waals surface area contributed by atoms with E-state index in [1.807, 2.05) is 0 Å². The van der Waals surface area contributed by atoms with Crippen LogP contribution in [0.15, 0.2) is 42.5 Å². The van der Waals surface area contributed by atoms with Crippen LogP contribution in [0.1, 0.15) is 46.0 Å². The minimum atomic E-state index is 0.825. The SMILES string of the molecule is CC1CC(C)CN(CCCCCCOc2cccc3ccccc23)C1. The second kappa shape index (κ2) is 9.24. The first-order valence-corrected chi connectivity index (χ1v) is 10.1. The molecule has 1 aliphatic heterocycles. The summed E-state index contributed by atoms with van der Waals surface area (Å²) in [7, 11) is 0. The van der Waals surface area contributed by atoms with Gasteiger partial charge in [0.2, 0.25) is 0 Å². The molecule has 25 heavy (non-hydrogen) atoms. The highest BCUT2D eigenvalue weighted by molar-refractivity contribution is 5.88. The van der Waals surface area contributed by atoms with Gasteiger partial charge in [0.05, 0.1) is 6.61 Å². The Morgan fingerprint density at radius 3 is 2.44 bits per heavy atom. The molecule has 0 N–H and O–H groups in total. The Bertz CT molecular complexity index is 638. The summed E-state index contributed by atoms with van der Waals surface area (Å²) < 4.78 is 6.03. The van der Waals surface area contributed by atoms with Crippen molar-refractivity contribution in [3.63, 3.8) is 0 Å². The van der Waals surface area contributed by atoms with Crippen molar-refractivity contribution in [3.05, 3.63) is 42.5 Å². The topological polar surface area (TPSA) is 12.5 Å². The van der Waals surface area contributed by atoms with E-state index < -0.39 is 0 Å². The first kappa shape index (κ1) is 18.3. The van der Waals surface area contributed by atoms with Crippen LogP contribution in [0.5, 0.6) is 5.75 Å². The number of benzene rings is 2. The van der Waals surface area contributed by atoms with Crippen molar-refractivity contribution >= 4 is 10.8 Å². The van der Waals surface area contributed by atoms with Crippen molar-refractivity contribution in [1.29, 1.82) is 0 Å². The molecule has 0 aliphatic carbocycles. The van der Waals surface area contributed by atoms with Crippen LogP contribution in [-0.2, 0) is 0 Å². The van der Waals surface area contributed by atoms with Gasteiger partial charge in [-0.3, -0.25) is 0 Å². The van der Waals surface area contributed by atoms with Crippen LogP contribution in [0.4, 0.5) is 0 Å². The summed E-state index contributed by atoms with van der Waals surface area (Å²) in [4.78, 5) is 2.67. The van der Waals surface area contributed by atoms with E-state index in [9.17, 15) is 0 Å². The van der Waals surface area contributed by atoms with E-state index in [-0.39, 0.29) is 0 Å². The minimum Gasteiger partial charge on any atom is -0.493 e. The number of likely N-dealkylation sites (tertiary alicyclic amines) is 1. The lowest BCUT2D eigenvalue weighted by Crippen LogP contribution is -2.39. The van der Waals surface area contributed by atoms with Crippen LogP contribution in [0.25, 0.3) is 10.8 Å². The Hall–Kier alpha value is -1.54. The third-order valence-electron chi connectivity index (χ3n) is 5.32. The lowest BCUT2D eigenvalue weighted by molar-refractivity contribution is 0.138. The van der Waals surface area contributed by atoms with Gasteiger partial charge in [0.25, 0.3) is 0 Å². The van der Waals surface area contributed by atoms with Gasteiger partial charge < -0.3 is 9.64 Å². The lowest BCUT2D eigenvalue weighted by Gasteiger charge is -2.34. The Balaban J connectivity index is 1.31. The first-order chi connectivity index (χ1) is 12.2. The van der Waals surface area contributed by atoms with Crippen LogP contribution in [0.3, 0.4) is 0 Å². The molecule has 1 aliphatic rings. The lowest BCUT2D eigenvalue weighted by atomic mass is 9.92. The maximum atomic E-state index is 6.03. The molecule has 0 radical (unpaired) electrons. The van der Waals surface area contributed by atoms with Gasteiger partial charge in [0.1, 0.15) is 5.75 Å². The quantitative estimate of drug-likeness (QED) is 0.567. The van der Waals surface area contributed by atoms with Crippen LogP contribution < -0.4 is 4.74 Å². The second-order valence-corrected chi connectivity index (χ2v) is 7.95. The Labute approximate surface area is 153 Å². The Morgan fingerprint density at radius 2 is 1.60 bits per heavy atom. The monoisotopic (exact) mass is 339 g/mol. The van der Waals surface area contributed by atoms with Crippen molar-refractivity contribution in [2.24, 2.45) is 11.8 Å². The van der Waals surface area contributed by atoms with E-state index in [1.165, 1.54) is 56.1 Å². The summed E-state index contributed by atoms with van der Waals surface area (Å²) in [6.45, 7) is 9.49. The summed E-state index contributed by atoms with van der Waals surface area (Å²) in [6, 6.07) is 14.8. The number of rotatable bonds is 8. The average Bonchev–Trinajstić information content (AvgIpc) is 2.60. The molecule has 2 aromatic carbocycles. The zero-order chi connectivity index (χ0) is 17.5. The molecule has 1 saturated heterocycles. The highest BCUT2D eigenvalue weighted by Crippen LogP contribution is 2.25. The third-order valence-corrected chi connectivity index (χ3v) is 5.32. The molecule has 2 unspecified atom stereocenters. The summed E-state index contributed by atoms with van der Waals surface area (Å²) in [6.07, 6.45) is 6.47. The zero-order valence-corrected chi connectivity index (χ0v) is 15.9. The molecule has 2 nitrogen and oxygen atoms in total. The summed E-state index contributed by atoms with van der Waals surface area (Å²) in [5.41, 5.74) is 0. The number of hydrogen-bond donors (Lipinski definition) is 0. The van der Waals surface area contributed by atoms with Gasteiger partial charge in [0, 0.05) is 18.5 Å². The summed E-state index contributed by atoms with van der Waals surface area (Å²) >= 11 is 0. The fourth-order valence-electron chi connectivity index (χ4n) is 4.27. The number of fused-ring (bicyclic) bond motifs is 1. The molecule has 1 fully saturated rings. The maximum Gasteiger partial charge on any atom is 0.127 e. The van der Waals surface area contributed by atoms with Gasteiger partial charge in [0.15, 0.2) is 0 Å². The summed E-state index contributed by atoms with van der Waals surface area (Å²) in [5, 5.41) is 2.48. The number of unbranched alkanes of at least 4 members (excludes halogenated alkanes) is 3. The number of piperidine rings is 1. The van der Waals surface area contributed by atoms with Gasteiger partial charge >= 0.3 is 0 Å². The molecule has 0 bridgehead atoms. The average molecular weight is 340 g/mol. The summed E-state index contributed by atoms with van der Waals surface area (Å²) in [5.74, 6) is 2.77. The van der Waals surface area contributed by atoms with Gasteiger partial charge in [-0.2, -0.15) is 0 Å². The number of hydrogen-bond acceptors (Lipinski definition) is 2. The van der Waals surface area contributed by atoms with Gasteiger partial charge in [-0.15, -0.1) is 0 Å². The smallest absolute Gasteiger partial charge is 0.127 e. The van der Waals surface area contributed by atoms with E-state index in [4.69, 9.17) is 4.74 Å². The Morgan fingerprint density at radius 1 is 0.880 bits per heavy atom. The number of ether oxygens (including phenoxy) is 1. The highest BCUT2D eigenvalue weighted by Gasteiger charge is 2.20. The first-order valence-electron chi connectivity index (χ1n) is 10.1.